The third kappa shape index (κ3) is 3.05. The number of urea groups is 1. The number of carboxylic acids is 1. The first-order valence-electron chi connectivity index (χ1n) is 5.63. The Morgan fingerprint density at radius 2 is 2.11 bits per heavy atom. The van der Waals surface area contributed by atoms with Gasteiger partial charge in [0.1, 0.15) is 0 Å². The first kappa shape index (κ1) is 13.4. The molecule has 0 saturated carbocycles. The number of aromatic carboxylic acids is 1. The average Bonchev–Trinajstić information content (AvgIpc) is 2.70. The largest absolute Gasteiger partial charge is 0.478 e. The molecule has 1 aromatic rings. The zero-order valence-corrected chi connectivity index (χ0v) is 10.8. The van der Waals surface area contributed by atoms with E-state index in [1.807, 2.05) is 0 Å². The summed E-state index contributed by atoms with van der Waals surface area (Å²) in [6.07, 6.45) is 0. The number of imide groups is 1. The second kappa shape index (κ2) is 5.75. The summed E-state index contributed by atoms with van der Waals surface area (Å²) >= 11 is 1.31. The number of carboxylic acid groups (broad SMARTS) is 1. The minimum absolute atomic E-state index is 0.0369. The summed E-state index contributed by atoms with van der Waals surface area (Å²) in [5.41, 5.74) is 0.227. The fraction of sp³-hybridized carbons (Fsp3) is 0.250. The van der Waals surface area contributed by atoms with Gasteiger partial charge >= 0.3 is 12.0 Å². The van der Waals surface area contributed by atoms with Crippen LogP contribution in [-0.4, -0.2) is 46.8 Å². The number of nitrogens with zero attached hydrogens (tertiary/aromatic N) is 1. The molecule has 2 rings (SSSR count). The van der Waals surface area contributed by atoms with E-state index in [1.165, 1.54) is 17.8 Å². The number of hydrogen-bond donors (Lipinski definition) is 2. The monoisotopic (exact) mass is 280 g/mol. The van der Waals surface area contributed by atoms with Gasteiger partial charge in [-0.2, -0.15) is 0 Å². The van der Waals surface area contributed by atoms with E-state index in [4.69, 9.17) is 5.11 Å². The van der Waals surface area contributed by atoms with Crippen molar-refractivity contribution in [2.24, 2.45) is 0 Å². The molecule has 0 radical (unpaired) electrons. The second-order valence-electron chi connectivity index (χ2n) is 3.85. The molecule has 0 atom stereocenters. The summed E-state index contributed by atoms with van der Waals surface area (Å²) in [5, 5.41) is 11.5. The smallest absolute Gasteiger partial charge is 0.336 e. The molecule has 100 valence electrons. The maximum Gasteiger partial charge on any atom is 0.336 e. The van der Waals surface area contributed by atoms with Crippen LogP contribution in [0.2, 0.25) is 0 Å². The first-order chi connectivity index (χ1) is 9.09. The van der Waals surface area contributed by atoms with Crippen molar-refractivity contribution in [2.45, 2.75) is 4.90 Å². The number of carbonyl (C=O) groups is 3. The normalized spacial score (nSPS) is 14.6. The molecule has 0 aliphatic carbocycles. The molecule has 1 saturated heterocycles. The van der Waals surface area contributed by atoms with E-state index >= 15 is 0 Å². The molecule has 3 amide bonds. The Labute approximate surface area is 113 Å². The molecule has 2 N–H and O–H groups in total. The second-order valence-corrected chi connectivity index (χ2v) is 4.99. The predicted octanol–water partition coefficient (Wildman–Crippen LogP) is 1.03. The van der Waals surface area contributed by atoms with Crippen LogP contribution in [0.1, 0.15) is 10.4 Å². The first-order valence-corrected chi connectivity index (χ1v) is 6.61. The van der Waals surface area contributed by atoms with Crippen molar-refractivity contribution >= 4 is 29.7 Å². The lowest BCUT2D eigenvalue weighted by atomic mass is 10.2. The number of carbonyl (C=O) groups excluding carboxylic acids is 2. The van der Waals surface area contributed by atoms with E-state index in [0.717, 1.165) is 4.90 Å². The summed E-state index contributed by atoms with van der Waals surface area (Å²) in [4.78, 5) is 35.4. The molecule has 6 nitrogen and oxygen atoms in total. The van der Waals surface area contributed by atoms with Crippen LogP contribution >= 0.6 is 11.8 Å². The van der Waals surface area contributed by atoms with Crippen molar-refractivity contribution in [1.82, 2.24) is 10.2 Å². The van der Waals surface area contributed by atoms with E-state index in [0.29, 0.717) is 10.6 Å². The van der Waals surface area contributed by atoms with E-state index in [-0.39, 0.29) is 24.6 Å². The molecule has 0 bridgehead atoms. The van der Waals surface area contributed by atoms with Gasteiger partial charge in [0.25, 0.3) is 0 Å². The Bertz CT molecular complexity index is 516. The van der Waals surface area contributed by atoms with Gasteiger partial charge in [0.15, 0.2) is 0 Å². The van der Waals surface area contributed by atoms with Crippen molar-refractivity contribution in [3.63, 3.8) is 0 Å². The molecule has 1 fully saturated rings. The van der Waals surface area contributed by atoms with Crippen LogP contribution in [0.4, 0.5) is 4.79 Å². The number of nitrogens with one attached hydrogen (secondary N) is 1. The topological polar surface area (TPSA) is 86.7 Å². The van der Waals surface area contributed by atoms with Gasteiger partial charge in [-0.3, -0.25) is 9.69 Å². The molecular formula is C12H12N2O4S. The fourth-order valence-corrected chi connectivity index (χ4v) is 2.68. The third-order valence-electron chi connectivity index (χ3n) is 2.63. The fourth-order valence-electron chi connectivity index (χ4n) is 1.70. The standard InChI is InChI=1S/C12H12N2O4S/c15-10-7-13-12(18)14(10)5-6-19-9-4-2-1-3-8(9)11(16)17/h1-4H,5-7H2,(H,13,18)(H,16,17). The average molecular weight is 280 g/mol. The zero-order valence-electron chi connectivity index (χ0n) is 9.96. The van der Waals surface area contributed by atoms with Gasteiger partial charge in [0.2, 0.25) is 5.91 Å². The summed E-state index contributed by atoms with van der Waals surface area (Å²) in [7, 11) is 0. The minimum Gasteiger partial charge on any atom is -0.478 e. The van der Waals surface area contributed by atoms with Gasteiger partial charge in [0.05, 0.1) is 12.1 Å². The molecule has 19 heavy (non-hydrogen) atoms. The van der Waals surface area contributed by atoms with Gasteiger partial charge < -0.3 is 10.4 Å². The predicted molar refractivity (Wildman–Crippen MR) is 69.2 cm³/mol. The number of benzene rings is 1. The Kier molecular flexibility index (Phi) is 4.06. The Morgan fingerprint density at radius 3 is 2.74 bits per heavy atom. The number of amides is 3. The molecule has 1 aliphatic heterocycles. The lowest BCUT2D eigenvalue weighted by Crippen LogP contribution is -2.32. The lowest BCUT2D eigenvalue weighted by Gasteiger charge is -2.12. The van der Waals surface area contributed by atoms with Crippen molar-refractivity contribution in [3.8, 4) is 0 Å². The van der Waals surface area contributed by atoms with Crippen molar-refractivity contribution < 1.29 is 19.5 Å². The van der Waals surface area contributed by atoms with E-state index in [9.17, 15) is 14.4 Å². The van der Waals surface area contributed by atoms with E-state index in [1.54, 1.807) is 18.2 Å². The van der Waals surface area contributed by atoms with Gasteiger partial charge in [-0.15, -0.1) is 11.8 Å². The van der Waals surface area contributed by atoms with Gasteiger partial charge in [-0.1, -0.05) is 12.1 Å². The highest BCUT2D eigenvalue weighted by molar-refractivity contribution is 7.99. The molecule has 1 aliphatic rings. The lowest BCUT2D eigenvalue weighted by molar-refractivity contribution is -0.124. The van der Waals surface area contributed by atoms with Crippen LogP contribution in [0.15, 0.2) is 29.2 Å². The minimum atomic E-state index is -0.988. The van der Waals surface area contributed by atoms with Gasteiger partial charge in [-0.25, -0.2) is 9.59 Å². The van der Waals surface area contributed by atoms with Crippen molar-refractivity contribution in [3.05, 3.63) is 29.8 Å². The third-order valence-corrected chi connectivity index (χ3v) is 3.68. The summed E-state index contributed by atoms with van der Waals surface area (Å²) in [5.74, 6) is -0.779. The van der Waals surface area contributed by atoms with E-state index < -0.39 is 12.0 Å². The summed E-state index contributed by atoms with van der Waals surface area (Å²) in [6.45, 7) is 0.304. The quantitative estimate of drug-likeness (QED) is 0.621. The molecule has 1 heterocycles. The van der Waals surface area contributed by atoms with Gasteiger partial charge in [0, 0.05) is 17.2 Å². The van der Waals surface area contributed by atoms with Crippen LogP contribution in [0, 0.1) is 0 Å². The highest BCUT2D eigenvalue weighted by Gasteiger charge is 2.27. The van der Waals surface area contributed by atoms with Crippen LogP contribution in [0.25, 0.3) is 0 Å². The van der Waals surface area contributed by atoms with Crippen LogP contribution < -0.4 is 5.32 Å². The van der Waals surface area contributed by atoms with Crippen LogP contribution in [-0.2, 0) is 4.79 Å². The summed E-state index contributed by atoms with van der Waals surface area (Å²) in [6, 6.07) is 6.25. The molecular weight excluding hydrogens is 268 g/mol. The Balaban J connectivity index is 1.94. The SMILES string of the molecule is O=C(O)c1ccccc1SCCN1C(=O)CNC1=O. The van der Waals surface area contributed by atoms with Crippen LogP contribution in [0.3, 0.4) is 0 Å². The maximum atomic E-state index is 11.3. The van der Waals surface area contributed by atoms with Crippen molar-refractivity contribution in [2.75, 3.05) is 18.8 Å². The maximum absolute atomic E-state index is 11.3. The van der Waals surface area contributed by atoms with Crippen LogP contribution in [0.5, 0.6) is 0 Å². The number of hydrogen-bond acceptors (Lipinski definition) is 4. The Morgan fingerprint density at radius 1 is 1.37 bits per heavy atom. The molecule has 1 aromatic carbocycles. The summed E-state index contributed by atoms with van der Waals surface area (Å²) < 4.78 is 0. The zero-order chi connectivity index (χ0) is 13.8. The van der Waals surface area contributed by atoms with Crippen molar-refractivity contribution in [1.29, 1.82) is 0 Å². The number of rotatable bonds is 5. The Hall–Kier alpha value is -2.02. The molecule has 7 heteroatoms. The molecule has 0 spiro atoms. The van der Waals surface area contributed by atoms with E-state index in [2.05, 4.69) is 5.32 Å². The highest BCUT2D eigenvalue weighted by atomic mass is 32.2. The molecule has 0 aromatic heterocycles. The highest BCUT2D eigenvalue weighted by Crippen LogP contribution is 2.22. The van der Waals surface area contributed by atoms with Gasteiger partial charge in [-0.05, 0) is 12.1 Å². The number of thioether (sulfide) groups is 1. The molecule has 0 unspecified atom stereocenters.